The van der Waals surface area contributed by atoms with Gasteiger partial charge in [-0.3, -0.25) is 13.9 Å². The van der Waals surface area contributed by atoms with Crippen LogP contribution in [0.1, 0.15) is 49.9 Å². The first-order chi connectivity index (χ1) is 18.2. The van der Waals surface area contributed by atoms with Crippen LogP contribution < -0.4 is 9.62 Å². The molecule has 0 radical (unpaired) electrons. The number of nitrogens with one attached hydrogen (secondary N) is 1. The number of carbonyl (C=O) groups is 2. The van der Waals surface area contributed by atoms with Crippen LogP contribution in [0.4, 0.5) is 5.69 Å². The molecular formula is C31H39N3O4S. The van der Waals surface area contributed by atoms with Crippen molar-refractivity contribution in [2.45, 2.75) is 71.5 Å². The Bertz CT molecular complexity index is 1430. The SMILES string of the molecule is Cc1cccc(CN(C(=O)CN(c2cc(C)ccc2C)S(=O)(=O)c2ccccc2)C(C)C(=O)NC(C)(C)C)c1. The fourth-order valence-electron chi connectivity index (χ4n) is 4.28. The minimum absolute atomic E-state index is 0.0856. The molecule has 3 rings (SSSR count). The van der Waals surface area contributed by atoms with Gasteiger partial charge in [-0.25, -0.2) is 8.42 Å². The van der Waals surface area contributed by atoms with Gasteiger partial charge in [-0.1, -0.05) is 60.2 Å². The van der Waals surface area contributed by atoms with Crippen molar-refractivity contribution in [3.05, 3.63) is 95.1 Å². The highest BCUT2D eigenvalue weighted by molar-refractivity contribution is 7.92. The number of anilines is 1. The third-order valence-corrected chi connectivity index (χ3v) is 8.12. The molecule has 0 fully saturated rings. The Kier molecular flexibility index (Phi) is 9.22. The van der Waals surface area contributed by atoms with Crippen molar-refractivity contribution in [2.24, 2.45) is 0 Å². The van der Waals surface area contributed by atoms with E-state index in [2.05, 4.69) is 5.32 Å². The smallest absolute Gasteiger partial charge is 0.264 e. The highest BCUT2D eigenvalue weighted by atomic mass is 32.2. The van der Waals surface area contributed by atoms with Crippen molar-refractivity contribution in [3.8, 4) is 0 Å². The molecule has 0 saturated carbocycles. The molecule has 0 spiro atoms. The van der Waals surface area contributed by atoms with Crippen LogP contribution in [0, 0.1) is 20.8 Å². The lowest BCUT2D eigenvalue weighted by atomic mass is 10.1. The molecule has 0 aliphatic carbocycles. The van der Waals surface area contributed by atoms with Gasteiger partial charge >= 0.3 is 0 Å². The number of rotatable bonds is 9. The number of nitrogens with zero attached hydrogens (tertiary/aromatic N) is 2. The van der Waals surface area contributed by atoms with Crippen LogP contribution in [0.5, 0.6) is 0 Å². The summed E-state index contributed by atoms with van der Waals surface area (Å²) in [5, 5.41) is 2.94. The second-order valence-electron chi connectivity index (χ2n) is 11.0. The van der Waals surface area contributed by atoms with E-state index in [9.17, 15) is 18.0 Å². The molecule has 1 atom stereocenters. The van der Waals surface area contributed by atoms with Crippen molar-refractivity contribution in [3.63, 3.8) is 0 Å². The zero-order valence-corrected chi connectivity index (χ0v) is 24.7. The molecule has 8 heteroatoms. The van der Waals surface area contributed by atoms with Gasteiger partial charge in [0.05, 0.1) is 10.6 Å². The predicted octanol–water partition coefficient (Wildman–Crippen LogP) is 5.14. The Hall–Kier alpha value is -3.65. The van der Waals surface area contributed by atoms with Crippen molar-refractivity contribution in [2.75, 3.05) is 10.8 Å². The van der Waals surface area contributed by atoms with Gasteiger partial charge in [0.25, 0.3) is 10.0 Å². The summed E-state index contributed by atoms with van der Waals surface area (Å²) in [7, 11) is -4.09. The van der Waals surface area contributed by atoms with Crippen LogP contribution in [0.15, 0.2) is 77.7 Å². The molecule has 1 N–H and O–H groups in total. The van der Waals surface area contributed by atoms with E-state index in [-0.39, 0.29) is 17.3 Å². The molecule has 0 aromatic heterocycles. The van der Waals surface area contributed by atoms with Gasteiger partial charge in [0.15, 0.2) is 0 Å². The molecule has 0 aliphatic heterocycles. The van der Waals surface area contributed by atoms with E-state index in [1.807, 2.05) is 77.9 Å². The molecule has 208 valence electrons. The number of sulfonamides is 1. The minimum atomic E-state index is -4.09. The van der Waals surface area contributed by atoms with Crippen LogP contribution in [0.25, 0.3) is 0 Å². The second-order valence-corrected chi connectivity index (χ2v) is 12.9. The summed E-state index contributed by atoms with van der Waals surface area (Å²) in [6, 6.07) is 20.5. The van der Waals surface area contributed by atoms with Gasteiger partial charge in [0, 0.05) is 12.1 Å². The summed E-state index contributed by atoms with van der Waals surface area (Å²) in [4.78, 5) is 28.8. The summed E-state index contributed by atoms with van der Waals surface area (Å²) in [5.74, 6) is -0.791. The summed E-state index contributed by atoms with van der Waals surface area (Å²) >= 11 is 0. The van der Waals surface area contributed by atoms with Gasteiger partial charge in [0.1, 0.15) is 12.6 Å². The molecule has 0 heterocycles. The topological polar surface area (TPSA) is 86.8 Å². The molecule has 1 unspecified atom stereocenters. The normalized spacial score (nSPS) is 12.5. The van der Waals surface area contributed by atoms with Gasteiger partial charge in [-0.15, -0.1) is 0 Å². The van der Waals surface area contributed by atoms with Crippen molar-refractivity contribution in [1.82, 2.24) is 10.2 Å². The quantitative estimate of drug-likeness (QED) is 0.401. The van der Waals surface area contributed by atoms with Crippen LogP contribution in [-0.2, 0) is 26.2 Å². The molecule has 0 saturated heterocycles. The first-order valence-corrected chi connectivity index (χ1v) is 14.4. The summed E-state index contributed by atoms with van der Waals surface area (Å²) in [6.07, 6.45) is 0. The zero-order chi connectivity index (χ0) is 29.0. The first-order valence-electron chi connectivity index (χ1n) is 13.0. The second kappa shape index (κ2) is 12.0. The van der Waals surface area contributed by atoms with Crippen LogP contribution in [0.3, 0.4) is 0 Å². The number of aryl methyl sites for hydroxylation is 3. The maximum Gasteiger partial charge on any atom is 0.264 e. The van der Waals surface area contributed by atoms with Crippen LogP contribution in [-0.4, -0.2) is 43.3 Å². The number of hydrogen-bond donors (Lipinski definition) is 1. The van der Waals surface area contributed by atoms with Gasteiger partial charge in [-0.2, -0.15) is 0 Å². The average molecular weight is 550 g/mol. The van der Waals surface area contributed by atoms with E-state index < -0.39 is 34.1 Å². The van der Waals surface area contributed by atoms with Gasteiger partial charge in [0.2, 0.25) is 11.8 Å². The van der Waals surface area contributed by atoms with Gasteiger partial charge < -0.3 is 10.2 Å². The first kappa shape index (κ1) is 29.9. The third kappa shape index (κ3) is 7.69. The molecule has 39 heavy (non-hydrogen) atoms. The summed E-state index contributed by atoms with van der Waals surface area (Å²) in [5.41, 5.74) is 3.39. The Morgan fingerprint density at radius 1 is 0.872 bits per heavy atom. The number of carbonyl (C=O) groups excluding carboxylic acids is 2. The minimum Gasteiger partial charge on any atom is -0.350 e. The van der Waals surface area contributed by atoms with E-state index >= 15 is 0 Å². The van der Waals surface area contributed by atoms with E-state index in [4.69, 9.17) is 0 Å². The predicted molar refractivity (Wildman–Crippen MR) is 156 cm³/mol. The fourth-order valence-corrected chi connectivity index (χ4v) is 5.78. The number of benzene rings is 3. The van der Waals surface area contributed by atoms with E-state index in [1.54, 1.807) is 31.2 Å². The molecule has 3 aromatic carbocycles. The largest absolute Gasteiger partial charge is 0.350 e. The van der Waals surface area contributed by atoms with Crippen LogP contribution in [0.2, 0.25) is 0 Å². The highest BCUT2D eigenvalue weighted by Crippen LogP contribution is 2.28. The maximum atomic E-state index is 14.0. The molecule has 2 amide bonds. The van der Waals surface area contributed by atoms with Crippen molar-refractivity contribution in [1.29, 1.82) is 0 Å². The summed E-state index contributed by atoms with van der Waals surface area (Å²) in [6.45, 7) is 12.6. The lowest BCUT2D eigenvalue weighted by molar-refractivity contribution is -0.140. The maximum absolute atomic E-state index is 14.0. The van der Waals surface area contributed by atoms with Crippen molar-refractivity contribution < 1.29 is 18.0 Å². The van der Waals surface area contributed by atoms with Gasteiger partial charge in [-0.05, 0) is 83.4 Å². The molecular weight excluding hydrogens is 510 g/mol. The lowest BCUT2D eigenvalue weighted by Gasteiger charge is -2.34. The fraction of sp³-hybridized carbons (Fsp3) is 0.355. The summed E-state index contributed by atoms with van der Waals surface area (Å²) < 4.78 is 29.0. The molecule has 7 nitrogen and oxygen atoms in total. The monoisotopic (exact) mass is 549 g/mol. The van der Waals surface area contributed by atoms with Crippen molar-refractivity contribution >= 4 is 27.5 Å². The third-order valence-electron chi connectivity index (χ3n) is 6.34. The Labute approximate surface area is 232 Å². The molecule has 0 bridgehead atoms. The standard InChI is InChI=1S/C31H39N3O4S/c1-22-12-11-13-26(18-22)20-33(25(4)30(36)32-31(5,6)7)29(35)21-34(28-19-23(2)16-17-24(28)3)39(37,38)27-14-9-8-10-15-27/h8-19,25H,20-21H2,1-7H3,(H,32,36). The van der Waals surface area contributed by atoms with E-state index in [0.29, 0.717) is 5.69 Å². The van der Waals surface area contributed by atoms with E-state index in [0.717, 1.165) is 26.6 Å². The Morgan fingerprint density at radius 2 is 1.51 bits per heavy atom. The average Bonchev–Trinajstić information content (AvgIpc) is 2.86. The Balaban J connectivity index is 2.07. The van der Waals surface area contributed by atoms with Crippen LogP contribution >= 0.6 is 0 Å². The number of hydrogen-bond acceptors (Lipinski definition) is 4. The molecule has 0 aliphatic rings. The highest BCUT2D eigenvalue weighted by Gasteiger charge is 2.33. The Morgan fingerprint density at radius 3 is 2.13 bits per heavy atom. The van der Waals surface area contributed by atoms with E-state index in [1.165, 1.54) is 17.0 Å². The molecule has 3 aromatic rings. The zero-order valence-electron chi connectivity index (χ0n) is 23.9. The lowest BCUT2D eigenvalue weighted by Crippen LogP contribution is -2.54. The number of amides is 2.